The fourth-order valence-electron chi connectivity index (χ4n) is 4.05. The molecule has 3 rings (SSSR count). The van der Waals surface area contributed by atoms with E-state index in [-0.39, 0.29) is 5.56 Å². The van der Waals surface area contributed by atoms with Gasteiger partial charge in [-0.05, 0) is 36.1 Å². The van der Waals surface area contributed by atoms with Crippen molar-refractivity contribution in [2.45, 2.75) is 58.4 Å². The SMILES string of the molecule is CCCCCCc1ncc(CC(Cc2ccccc2)C(=O)O)n1Cc1ccc(C(=O)O)cc1. The topological polar surface area (TPSA) is 92.4 Å². The first-order valence-electron chi connectivity index (χ1n) is 11.6. The Kier molecular flexibility index (Phi) is 8.81. The Morgan fingerprint density at radius 2 is 1.64 bits per heavy atom. The summed E-state index contributed by atoms with van der Waals surface area (Å²) >= 11 is 0. The summed E-state index contributed by atoms with van der Waals surface area (Å²) in [6.45, 7) is 2.72. The van der Waals surface area contributed by atoms with Gasteiger partial charge in [-0.1, -0.05) is 68.7 Å². The van der Waals surface area contributed by atoms with E-state index in [2.05, 4.69) is 16.5 Å². The molecule has 33 heavy (non-hydrogen) atoms. The summed E-state index contributed by atoms with van der Waals surface area (Å²) in [6, 6.07) is 16.5. The summed E-state index contributed by atoms with van der Waals surface area (Å²) in [7, 11) is 0. The van der Waals surface area contributed by atoms with E-state index in [4.69, 9.17) is 5.11 Å². The summed E-state index contributed by atoms with van der Waals surface area (Å²) in [6.07, 6.45) is 8.01. The van der Waals surface area contributed by atoms with Crippen LogP contribution < -0.4 is 0 Å². The molecule has 174 valence electrons. The molecule has 3 aromatic rings. The number of hydrogen-bond acceptors (Lipinski definition) is 3. The highest BCUT2D eigenvalue weighted by Gasteiger charge is 2.22. The number of benzene rings is 2. The number of hydrogen-bond donors (Lipinski definition) is 2. The zero-order chi connectivity index (χ0) is 23.6. The molecule has 0 aliphatic carbocycles. The van der Waals surface area contributed by atoms with Crippen LogP contribution in [0.4, 0.5) is 0 Å². The van der Waals surface area contributed by atoms with Crippen LogP contribution in [0.5, 0.6) is 0 Å². The molecule has 2 N–H and O–H groups in total. The first kappa shape index (κ1) is 24.2. The quantitative estimate of drug-likeness (QED) is 0.349. The third-order valence-corrected chi connectivity index (χ3v) is 5.95. The minimum Gasteiger partial charge on any atom is -0.481 e. The van der Waals surface area contributed by atoms with E-state index in [1.165, 1.54) is 6.42 Å². The van der Waals surface area contributed by atoms with Gasteiger partial charge in [0.1, 0.15) is 5.82 Å². The lowest BCUT2D eigenvalue weighted by Crippen LogP contribution is -2.21. The second-order valence-corrected chi connectivity index (χ2v) is 8.49. The Hall–Kier alpha value is -3.41. The molecule has 1 unspecified atom stereocenters. The highest BCUT2D eigenvalue weighted by molar-refractivity contribution is 5.87. The van der Waals surface area contributed by atoms with Crippen molar-refractivity contribution in [2.75, 3.05) is 0 Å². The van der Waals surface area contributed by atoms with Crippen molar-refractivity contribution in [2.24, 2.45) is 5.92 Å². The molecule has 2 aromatic carbocycles. The number of carboxylic acid groups (broad SMARTS) is 2. The number of nitrogens with zero attached hydrogens (tertiary/aromatic N) is 2. The lowest BCUT2D eigenvalue weighted by molar-refractivity contribution is -0.141. The van der Waals surface area contributed by atoms with Crippen LogP contribution in [0.1, 0.15) is 65.6 Å². The number of imidazole rings is 1. The van der Waals surface area contributed by atoms with E-state index < -0.39 is 17.9 Å². The number of carbonyl (C=O) groups is 2. The Labute approximate surface area is 194 Å². The highest BCUT2D eigenvalue weighted by atomic mass is 16.4. The van der Waals surface area contributed by atoms with Crippen molar-refractivity contribution in [3.8, 4) is 0 Å². The van der Waals surface area contributed by atoms with Crippen LogP contribution in [0, 0.1) is 5.92 Å². The molecule has 0 spiro atoms. The monoisotopic (exact) mass is 448 g/mol. The zero-order valence-corrected chi connectivity index (χ0v) is 19.1. The van der Waals surface area contributed by atoms with Gasteiger partial charge in [0.25, 0.3) is 0 Å². The lowest BCUT2D eigenvalue weighted by Gasteiger charge is -2.16. The van der Waals surface area contributed by atoms with E-state index in [0.29, 0.717) is 19.4 Å². The van der Waals surface area contributed by atoms with Gasteiger partial charge in [0.2, 0.25) is 0 Å². The minimum atomic E-state index is -0.952. The largest absolute Gasteiger partial charge is 0.481 e. The van der Waals surface area contributed by atoms with Crippen molar-refractivity contribution < 1.29 is 19.8 Å². The van der Waals surface area contributed by atoms with Crippen molar-refractivity contribution in [3.05, 3.63) is 89.0 Å². The maximum absolute atomic E-state index is 12.0. The molecule has 0 saturated carbocycles. The summed E-state index contributed by atoms with van der Waals surface area (Å²) in [5.41, 5.74) is 3.10. The molecule has 0 aliphatic rings. The van der Waals surface area contributed by atoms with E-state index >= 15 is 0 Å². The number of carboxylic acids is 2. The van der Waals surface area contributed by atoms with E-state index in [9.17, 15) is 14.7 Å². The van der Waals surface area contributed by atoms with Gasteiger partial charge in [-0.15, -0.1) is 0 Å². The second-order valence-electron chi connectivity index (χ2n) is 8.49. The molecule has 0 saturated heterocycles. The molecule has 6 heteroatoms. The van der Waals surface area contributed by atoms with Gasteiger partial charge in [-0.3, -0.25) is 4.79 Å². The zero-order valence-electron chi connectivity index (χ0n) is 19.1. The number of rotatable bonds is 13. The number of aromatic carboxylic acids is 1. The minimum absolute atomic E-state index is 0.248. The molecule has 1 heterocycles. The maximum Gasteiger partial charge on any atom is 0.335 e. The van der Waals surface area contributed by atoms with Crippen molar-refractivity contribution in [3.63, 3.8) is 0 Å². The third kappa shape index (κ3) is 7.04. The van der Waals surface area contributed by atoms with E-state index in [0.717, 1.165) is 48.3 Å². The van der Waals surface area contributed by atoms with Gasteiger partial charge in [-0.2, -0.15) is 0 Å². The van der Waals surface area contributed by atoms with Crippen LogP contribution in [0.2, 0.25) is 0 Å². The van der Waals surface area contributed by atoms with Gasteiger partial charge in [0.05, 0.1) is 11.5 Å². The summed E-state index contributed by atoms with van der Waals surface area (Å²) in [4.78, 5) is 27.9. The molecule has 0 fully saturated rings. The Bertz CT molecular complexity index is 1040. The van der Waals surface area contributed by atoms with Gasteiger partial charge >= 0.3 is 11.9 Å². The second kappa shape index (κ2) is 12.0. The number of aryl methyl sites for hydroxylation is 1. The summed E-state index contributed by atoms with van der Waals surface area (Å²) < 4.78 is 2.11. The molecule has 0 amide bonds. The Morgan fingerprint density at radius 1 is 0.909 bits per heavy atom. The van der Waals surface area contributed by atoms with E-state index in [1.54, 1.807) is 12.1 Å². The molecule has 6 nitrogen and oxygen atoms in total. The molecule has 1 aromatic heterocycles. The maximum atomic E-state index is 12.0. The van der Waals surface area contributed by atoms with Crippen molar-refractivity contribution in [1.29, 1.82) is 0 Å². The first-order valence-corrected chi connectivity index (χ1v) is 11.6. The number of unbranched alkanes of at least 4 members (excludes halogenated alkanes) is 3. The molecule has 0 radical (unpaired) electrons. The molecule has 0 aliphatic heterocycles. The standard InChI is InChI=1S/C27H32N2O4/c1-2-3-4-8-11-25-28-18-24(17-23(27(32)33)16-20-9-6-5-7-10-20)29(25)19-21-12-14-22(15-13-21)26(30)31/h5-7,9-10,12-15,18,23H,2-4,8,11,16-17,19H2,1H3,(H,30,31)(H,32,33). The van der Waals surface area contributed by atoms with Crippen LogP contribution in [0.3, 0.4) is 0 Å². The van der Waals surface area contributed by atoms with Crippen LogP contribution in [-0.4, -0.2) is 31.7 Å². The molecule has 0 bridgehead atoms. The number of aromatic nitrogens is 2. The van der Waals surface area contributed by atoms with Crippen LogP contribution in [-0.2, 0) is 30.6 Å². The van der Waals surface area contributed by atoms with Gasteiger partial charge in [0, 0.05) is 31.3 Å². The summed E-state index contributed by atoms with van der Waals surface area (Å²) in [5, 5.41) is 19.0. The molecule has 1 atom stereocenters. The number of aliphatic carboxylic acids is 1. The fraction of sp³-hybridized carbons (Fsp3) is 0.370. The predicted molar refractivity (Wildman–Crippen MR) is 128 cm³/mol. The first-order chi connectivity index (χ1) is 16.0. The Balaban J connectivity index is 1.83. The van der Waals surface area contributed by atoms with Gasteiger partial charge in [0.15, 0.2) is 0 Å². The van der Waals surface area contributed by atoms with Crippen LogP contribution >= 0.6 is 0 Å². The average Bonchev–Trinajstić information content (AvgIpc) is 3.18. The molecular weight excluding hydrogens is 416 g/mol. The summed E-state index contributed by atoms with van der Waals surface area (Å²) in [5.74, 6) is -1.37. The fourth-order valence-corrected chi connectivity index (χ4v) is 4.05. The normalized spacial score (nSPS) is 11.9. The van der Waals surface area contributed by atoms with Gasteiger partial charge < -0.3 is 14.8 Å². The average molecular weight is 449 g/mol. The Morgan fingerprint density at radius 3 is 2.27 bits per heavy atom. The predicted octanol–water partition coefficient (Wildman–Crippen LogP) is 5.24. The smallest absolute Gasteiger partial charge is 0.335 e. The van der Waals surface area contributed by atoms with Crippen LogP contribution in [0.15, 0.2) is 60.8 Å². The van der Waals surface area contributed by atoms with Crippen molar-refractivity contribution in [1.82, 2.24) is 9.55 Å². The highest BCUT2D eigenvalue weighted by Crippen LogP contribution is 2.20. The van der Waals surface area contributed by atoms with Gasteiger partial charge in [-0.25, -0.2) is 9.78 Å². The third-order valence-electron chi connectivity index (χ3n) is 5.95. The van der Waals surface area contributed by atoms with E-state index in [1.807, 2.05) is 48.7 Å². The van der Waals surface area contributed by atoms with Crippen molar-refractivity contribution >= 4 is 11.9 Å². The lowest BCUT2D eigenvalue weighted by atomic mass is 9.95. The van der Waals surface area contributed by atoms with Crippen LogP contribution in [0.25, 0.3) is 0 Å². The molecular formula is C27H32N2O4.